The van der Waals surface area contributed by atoms with Crippen LogP contribution in [0.3, 0.4) is 0 Å². The number of carboxylic acid groups (broad SMARTS) is 1. The number of amides is 4. The van der Waals surface area contributed by atoms with Gasteiger partial charge < -0.3 is 37.5 Å². The first-order chi connectivity index (χ1) is 13.6. The number of carboxylic acids is 1. The van der Waals surface area contributed by atoms with Crippen molar-refractivity contribution in [3.8, 4) is 0 Å². The smallest absolute Gasteiger partial charge is 0.326 e. The van der Waals surface area contributed by atoms with Crippen LogP contribution in [-0.4, -0.2) is 69.3 Å². The summed E-state index contributed by atoms with van der Waals surface area (Å²) in [6.45, 7) is 0.975. The number of hydrogen-bond acceptors (Lipinski definition) is 7. The summed E-state index contributed by atoms with van der Waals surface area (Å²) in [6, 6.07) is -3.49. The molecule has 0 aliphatic rings. The van der Waals surface area contributed by atoms with Gasteiger partial charge in [-0.2, -0.15) is 0 Å². The zero-order valence-electron chi connectivity index (χ0n) is 15.8. The minimum atomic E-state index is -1.26. The van der Waals surface area contributed by atoms with Crippen LogP contribution < -0.4 is 27.4 Å². The second-order valence-electron chi connectivity index (χ2n) is 6.24. The summed E-state index contributed by atoms with van der Waals surface area (Å²) < 4.78 is 0. The van der Waals surface area contributed by atoms with Crippen molar-refractivity contribution in [1.82, 2.24) is 25.9 Å². The molecule has 0 saturated heterocycles. The Morgan fingerprint density at radius 3 is 2.34 bits per heavy atom. The number of aromatic amines is 1. The SMILES string of the molecule is CC(NC(=O)C(CCC(N)=O)NC(=O)CN)C(=O)NC(Cc1cnc[nH]1)C(=O)O. The number of aliphatic carboxylic acids is 1. The average molecular weight is 411 g/mol. The first-order valence-electron chi connectivity index (χ1n) is 8.72. The first kappa shape index (κ1) is 23.6. The fourth-order valence-corrected chi connectivity index (χ4v) is 2.30. The number of carbonyl (C=O) groups is 5. The van der Waals surface area contributed by atoms with E-state index in [1.54, 1.807) is 0 Å². The third kappa shape index (κ3) is 8.38. The predicted molar refractivity (Wildman–Crippen MR) is 98.9 cm³/mol. The molecule has 13 heteroatoms. The van der Waals surface area contributed by atoms with Crippen LogP contribution in [0.1, 0.15) is 25.5 Å². The highest BCUT2D eigenvalue weighted by Gasteiger charge is 2.27. The molecular weight excluding hydrogens is 386 g/mol. The van der Waals surface area contributed by atoms with Gasteiger partial charge in [0.25, 0.3) is 0 Å². The summed E-state index contributed by atoms with van der Waals surface area (Å²) >= 11 is 0. The number of carbonyl (C=O) groups excluding carboxylic acids is 4. The van der Waals surface area contributed by atoms with Crippen LogP contribution in [0.15, 0.2) is 12.5 Å². The minimum absolute atomic E-state index is 0.0322. The molecular formula is C16H25N7O6. The number of nitrogens with zero attached hydrogens (tertiary/aromatic N) is 1. The maximum Gasteiger partial charge on any atom is 0.326 e. The number of primary amides is 1. The topological polar surface area (TPSA) is 222 Å². The average Bonchev–Trinajstić information content (AvgIpc) is 3.16. The number of hydrogen-bond donors (Lipinski definition) is 7. The van der Waals surface area contributed by atoms with Crippen molar-refractivity contribution >= 4 is 29.6 Å². The van der Waals surface area contributed by atoms with Gasteiger partial charge in [-0.05, 0) is 13.3 Å². The second kappa shape index (κ2) is 11.4. The van der Waals surface area contributed by atoms with Crippen molar-refractivity contribution in [3.63, 3.8) is 0 Å². The van der Waals surface area contributed by atoms with Crippen LogP contribution >= 0.6 is 0 Å². The summed E-state index contributed by atoms with van der Waals surface area (Å²) in [5.74, 6) is -4.04. The van der Waals surface area contributed by atoms with E-state index in [2.05, 4.69) is 25.9 Å². The molecule has 0 fully saturated rings. The maximum atomic E-state index is 12.4. The fraction of sp³-hybridized carbons (Fsp3) is 0.500. The lowest BCUT2D eigenvalue weighted by molar-refractivity contribution is -0.142. The van der Waals surface area contributed by atoms with Gasteiger partial charge in [0.15, 0.2) is 0 Å². The van der Waals surface area contributed by atoms with Crippen molar-refractivity contribution in [2.75, 3.05) is 6.54 Å². The van der Waals surface area contributed by atoms with Gasteiger partial charge in [-0.3, -0.25) is 19.2 Å². The third-order valence-corrected chi connectivity index (χ3v) is 3.86. The van der Waals surface area contributed by atoms with E-state index < -0.39 is 47.7 Å². The van der Waals surface area contributed by atoms with Crippen LogP contribution in [0.4, 0.5) is 0 Å². The van der Waals surface area contributed by atoms with Gasteiger partial charge in [-0.15, -0.1) is 0 Å². The molecule has 0 bridgehead atoms. The standard InChI is InChI=1S/C16H25N7O6/c1-8(14(26)23-11(16(28)29)4-9-6-19-7-20-9)21-15(27)10(2-3-12(18)24)22-13(25)5-17/h6-8,10-11H,2-5,17H2,1H3,(H2,18,24)(H,19,20)(H,21,27)(H,22,25)(H,23,26)(H,28,29). The van der Waals surface area contributed by atoms with E-state index in [-0.39, 0.29) is 25.8 Å². The summed E-state index contributed by atoms with van der Waals surface area (Å²) in [5, 5.41) is 16.3. The summed E-state index contributed by atoms with van der Waals surface area (Å²) in [4.78, 5) is 65.0. The summed E-state index contributed by atoms with van der Waals surface area (Å²) in [5.41, 5.74) is 10.8. The molecule has 160 valence electrons. The molecule has 0 aromatic carbocycles. The Kier molecular flexibility index (Phi) is 9.25. The molecule has 1 aromatic heterocycles. The third-order valence-electron chi connectivity index (χ3n) is 3.86. The summed E-state index contributed by atoms with van der Waals surface area (Å²) in [6.07, 6.45) is 2.51. The molecule has 4 amide bonds. The molecule has 13 nitrogen and oxygen atoms in total. The zero-order chi connectivity index (χ0) is 22.0. The normalized spacial score (nSPS) is 13.6. The number of imidazole rings is 1. The fourth-order valence-electron chi connectivity index (χ4n) is 2.30. The molecule has 0 aliphatic heterocycles. The highest BCUT2D eigenvalue weighted by atomic mass is 16.4. The molecule has 1 heterocycles. The molecule has 1 rings (SSSR count). The number of nitrogens with two attached hydrogens (primary N) is 2. The number of aromatic nitrogens is 2. The number of rotatable bonds is 12. The Hall–Kier alpha value is -3.48. The van der Waals surface area contributed by atoms with Gasteiger partial charge in [-0.1, -0.05) is 0 Å². The van der Waals surface area contributed by atoms with E-state index in [4.69, 9.17) is 11.5 Å². The molecule has 1 aromatic rings. The molecule has 3 unspecified atom stereocenters. The number of H-pyrrole nitrogens is 1. The Morgan fingerprint density at radius 2 is 1.83 bits per heavy atom. The lowest BCUT2D eigenvalue weighted by atomic mass is 10.1. The van der Waals surface area contributed by atoms with Gasteiger partial charge in [0.2, 0.25) is 23.6 Å². The van der Waals surface area contributed by atoms with Gasteiger partial charge in [0.05, 0.1) is 12.9 Å². The van der Waals surface area contributed by atoms with E-state index in [0.717, 1.165) is 0 Å². The molecule has 0 spiro atoms. The quantitative estimate of drug-likeness (QED) is 0.184. The number of nitrogens with one attached hydrogen (secondary N) is 4. The molecule has 9 N–H and O–H groups in total. The van der Waals surface area contributed by atoms with Gasteiger partial charge >= 0.3 is 5.97 Å². The second-order valence-corrected chi connectivity index (χ2v) is 6.24. The van der Waals surface area contributed by atoms with Crippen molar-refractivity contribution in [3.05, 3.63) is 18.2 Å². The van der Waals surface area contributed by atoms with E-state index in [1.807, 2.05) is 0 Å². The van der Waals surface area contributed by atoms with Gasteiger partial charge in [-0.25, -0.2) is 9.78 Å². The Bertz CT molecular complexity index is 736. The van der Waals surface area contributed by atoms with E-state index in [0.29, 0.717) is 5.69 Å². The van der Waals surface area contributed by atoms with Crippen molar-refractivity contribution in [2.45, 2.75) is 44.3 Å². The van der Waals surface area contributed by atoms with Crippen LogP contribution in [-0.2, 0) is 30.4 Å². The molecule has 0 radical (unpaired) electrons. The van der Waals surface area contributed by atoms with Gasteiger partial charge in [0, 0.05) is 24.7 Å². The zero-order valence-corrected chi connectivity index (χ0v) is 15.8. The van der Waals surface area contributed by atoms with Crippen molar-refractivity contribution < 1.29 is 29.1 Å². The van der Waals surface area contributed by atoms with Crippen LogP contribution in [0, 0.1) is 0 Å². The largest absolute Gasteiger partial charge is 0.480 e. The van der Waals surface area contributed by atoms with Crippen LogP contribution in [0.2, 0.25) is 0 Å². The maximum absolute atomic E-state index is 12.4. The van der Waals surface area contributed by atoms with Gasteiger partial charge in [0.1, 0.15) is 18.1 Å². The van der Waals surface area contributed by atoms with E-state index >= 15 is 0 Å². The van der Waals surface area contributed by atoms with E-state index in [9.17, 15) is 29.1 Å². The molecule has 0 aliphatic carbocycles. The van der Waals surface area contributed by atoms with Crippen molar-refractivity contribution in [2.24, 2.45) is 11.5 Å². The Labute approximate surface area is 166 Å². The predicted octanol–water partition coefficient (Wildman–Crippen LogP) is -3.26. The first-order valence-corrected chi connectivity index (χ1v) is 8.72. The molecule has 29 heavy (non-hydrogen) atoms. The highest BCUT2D eigenvalue weighted by molar-refractivity contribution is 5.93. The molecule has 3 atom stereocenters. The molecule has 0 saturated carbocycles. The lowest BCUT2D eigenvalue weighted by Gasteiger charge is -2.22. The van der Waals surface area contributed by atoms with Crippen LogP contribution in [0.5, 0.6) is 0 Å². The van der Waals surface area contributed by atoms with Crippen LogP contribution in [0.25, 0.3) is 0 Å². The van der Waals surface area contributed by atoms with E-state index in [1.165, 1.54) is 19.4 Å². The monoisotopic (exact) mass is 411 g/mol. The van der Waals surface area contributed by atoms with Crippen molar-refractivity contribution in [1.29, 1.82) is 0 Å². The lowest BCUT2D eigenvalue weighted by Crippen LogP contribution is -2.55. The Balaban J connectivity index is 2.70. The Morgan fingerprint density at radius 1 is 1.14 bits per heavy atom. The highest BCUT2D eigenvalue weighted by Crippen LogP contribution is 2.01. The minimum Gasteiger partial charge on any atom is -0.480 e. The summed E-state index contributed by atoms with van der Waals surface area (Å²) in [7, 11) is 0.